The molecule has 0 aliphatic carbocycles. The Labute approximate surface area is 149 Å². The standard InChI is InChI=1S/C17H27N3O4S/c1-15(2,21)10-13(12-8-7-9-18-11-12)19-14-20-25(22,23)17(5,6)16(3,4)24-14/h7-9,11,13,21H,10H2,1-6H3,(H,19,20)/t13-/m0/s1. The molecule has 1 aromatic heterocycles. The van der Waals surface area contributed by atoms with Crippen LogP contribution in [0, 0.1) is 0 Å². The fraction of sp³-hybridized carbons (Fsp3) is 0.647. The van der Waals surface area contributed by atoms with Gasteiger partial charge in [0, 0.05) is 18.8 Å². The van der Waals surface area contributed by atoms with Gasteiger partial charge in [0.1, 0.15) is 10.3 Å². The van der Waals surface area contributed by atoms with Gasteiger partial charge in [-0.1, -0.05) is 6.07 Å². The number of rotatable bonds is 4. The number of sulfonamides is 1. The summed E-state index contributed by atoms with van der Waals surface area (Å²) >= 11 is 0. The van der Waals surface area contributed by atoms with Crippen LogP contribution >= 0.6 is 0 Å². The van der Waals surface area contributed by atoms with Gasteiger partial charge < -0.3 is 9.84 Å². The van der Waals surface area contributed by atoms with Crippen molar-refractivity contribution in [2.75, 3.05) is 0 Å². The molecule has 0 unspecified atom stereocenters. The van der Waals surface area contributed by atoms with Crippen molar-refractivity contribution < 1.29 is 18.3 Å². The van der Waals surface area contributed by atoms with Crippen molar-refractivity contribution in [1.82, 2.24) is 9.71 Å². The van der Waals surface area contributed by atoms with Crippen molar-refractivity contribution in [2.24, 2.45) is 4.99 Å². The number of hydrogen-bond acceptors (Lipinski definition) is 6. The van der Waals surface area contributed by atoms with Crippen LogP contribution in [0.1, 0.15) is 59.6 Å². The molecule has 0 bridgehead atoms. The van der Waals surface area contributed by atoms with Gasteiger partial charge in [0.25, 0.3) is 6.02 Å². The van der Waals surface area contributed by atoms with Crippen LogP contribution in [0.15, 0.2) is 29.5 Å². The molecule has 1 aliphatic rings. The van der Waals surface area contributed by atoms with Crippen LogP contribution < -0.4 is 4.72 Å². The van der Waals surface area contributed by atoms with E-state index in [4.69, 9.17) is 4.74 Å². The Balaban J connectivity index is 2.43. The molecule has 8 heteroatoms. The molecule has 1 aromatic rings. The van der Waals surface area contributed by atoms with E-state index in [-0.39, 0.29) is 12.4 Å². The van der Waals surface area contributed by atoms with Crippen LogP contribution in [0.5, 0.6) is 0 Å². The fourth-order valence-electron chi connectivity index (χ4n) is 2.43. The van der Waals surface area contributed by atoms with E-state index in [9.17, 15) is 13.5 Å². The summed E-state index contributed by atoms with van der Waals surface area (Å²) in [5.74, 6) is 0. The highest BCUT2D eigenvalue weighted by atomic mass is 32.2. The molecule has 25 heavy (non-hydrogen) atoms. The Morgan fingerprint density at radius 2 is 2.00 bits per heavy atom. The maximum absolute atomic E-state index is 12.6. The van der Waals surface area contributed by atoms with Gasteiger partial charge in [-0.2, -0.15) is 0 Å². The molecule has 0 aromatic carbocycles. The summed E-state index contributed by atoms with van der Waals surface area (Å²) in [6, 6.07) is 3.04. The first-order valence-corrected chi connectivity index (χ1v) is 9.65. The molecule has 0 spiro atoms. The van der Waals surface area contributed by atoms with Gasteiger partial charge in [-0.05, 0) is 53.2 Å². The Morgan fingerprint density at radius 3 is 2.48 bits per heavy atom. The topological polar surface area (TPSA) is 101 Å². The van der Waals surface area contributed by atoms with Gasteiger partial charge >= 0.3 is 0 Å². The largest absolute Gasteiger partial charge is 0.457 e. The van der Waals surface area contributed by atoms with E-state index >= 15 is 0 Å². The molecule has 1 fully saturated rings. The van der Waals surface area contributed by atoms with E-state index in [2.05, 4.69) is 14.7 Å². The summed E-state index contributed by atoms with van der Waals surface area (Å²) in [6.07, 6.45) is 3.58. The second kappa shape index (κ2) is 6.25. The number of aromatic nitrogens is 1. The third kappa shape index (κ3) is 4.12. The van der Waals surface area contributed by atoms with E-state index in [1.165, 1.54) is 0 Å². The highest BCUT2D eigenvalue weighted by molar-refractivity contribution is 7.91. The number of nitrogens with one attached hydrogen (secondary N) is 1. The molecule has 1 saturated heterocycles. The molecule has 0 saturated carbocycles. The van der Waals surface area contributed by atoms with Crippen LogP contribution in [0.2, 0.25) is 0 Å². The third-order valence-corrected chi connectivity index (χ3v) is 7.01. The van der Waals surface area contributed by atoms with E-state index in [0.717, 1.165) is 5.56 Å². The normalized spacial score (nSPS) is 24.2. The minimum Gasteiger partial charge on any atom is -0.457 e. The van der Waals surface area contributed by atoms with Crippen molar-refractivity contribution in [3.63, 3.8) is 0 Å². The maximum Gasteiger partial charge on any atom is 0.299 e. The Kier molecular flexibility index (Phi) is 4.91. The highest BCUT2D eigenvalue weighted by Gasteiger charge is 2.54. The lowest BCUT2D eigenvalue weighted by Crippen LogP contribution is -2.64. The Hall–Kier alpha value is -1.67. The van der Waals surface area contributed by atoms with Crippen molar-refractivity contribution in [3.05, 3.63) is 30.1 Å². The Bertz CT molecular complexity index is 750. The van der Waals surface area contributed by atoms with E-state index < -0.39 is 32.0 Å². The molecule has 7 nitrogen and oxygen atoms in total. The van der Waals surface area contributed by atoms with Crippen LogP contribution in [0.4, 0.5) is 0 Å². The first-order chi connectivity index (χ1) is 11.3. The van der Waals surface area contributed by atoms with Gasteiger partial charge in [-0.15, -0.1) is 0 Å². The number of ether oxygens (including phenoxy) is 1. The lowest BCUT2D eigenvalue weighted by Gasteiger charge is -2.44. The minimum absolute atomic E-state index is 0.0672. The van der Waals surface area contributed by atoms with Gasteiger partial charge in [0.15, 0.2) is 0 Å². The smallest absolute Gasteiger partial charge is 0.299 e. The number of aliphatic imine (C=N–C) groups is 1. The quantitative estimate of drug-likeness (QED) is 0.847. The molecule has 0 amide bonds. The van der Waals surface area contributed by atoms with Gasteiger partial charge in [0.2, 0.25) is 10.0 Å². The first-order valence-electron chi connectivity index (χ1n) is 8.17. The van der Waals surface area contributed by atoms with Gasteiger partial charge in [-0.3, -0.25) is 4.98 Å². The highest BCUT2D eigenvalue weighted by Crippen LogP contribution is 2.36. The zero-order valence-corrected chi connectivity index (χ0v) is 16.4. The fourth-order valence-corrected chi connectivity index (χ4v) is 3.70. The second-order valence-corrected chi connectivity index (χ2v) is 10.2. The van der Waals surface area contributed by atoms with E-state index in [1.54, 1.807) is 60.0 Å². The lowest BCUT2D eigenvalue weighted by molar-refractivity contribution is 0.0439. The predicted octanol–water partition coefficient (Wildman–Crippen LogP) is 2.15. The van der Waals surface area contributed by atoms with Crippen molar-refractivity contribution in [1.29, 1.82) is 0 Å². The minimum atomic E-state index is -3.67. The van der Waals surface area contributed by atoms with Crippen LogP contribution in [0.3, 0.4) is 0 Å². The molecular weight excluding hydrogens is 342 g/mol. The molecule has 2 rings (SSSR count). The summed E-state index contributed by atoms with van der Waals surface area (Å²) in [7, 11) is -3.67. The molecule has 2 heterocycles. The van der Waals surface area contributed by atoms with Crippen LogP contribution in [-0.4, -0.2) is 40.5 Å². The van der Waals surface area contributed by atoms with Gasteiger partial charge in [-0.25, -0.2) is 18.1 Å². The average molecular weight is 369 g/mol. The SMILES string of the molecule is CC(C)(O)C[C@H](N=C1NS(=O)(=O)C(C)(C)C(C)(C)O1)c1cccnc1. The summed E-state index contributed by atoms with van der Waals surface area (Å²) in [4.78, 5) is 8.53. The van der Waals surface area contributed by atoms with Crippen molar-refractivity contribution >= 4 is 16.0 Å². The molecule has 1 aliphatic heterocycles. The summed E-state index contributed by atoms with van der Waals surface area (Å²) < 4.78 is 32.3. The summed E-state index contributed by atoms with van der Waals surface area (Å²) in [5.41, 5.74) is -1.20. The van der Waals surface area contributed by atoms with E-state index in [1.807, 2.05) is 6.07 Å². The first kappa shape index (κ1) is 19.7. The number of hydrogen-bond donors (Lipinski definition) is 2. The zero-order chi connectivity index (χ0) is 19.1. The summed E-state index contributed by atoms with van der Waals surface area (Å²) in [6.45, 7) is 10.0. The van der Waals surface area contributed by atoms with Crippen LogP contribution in [0.25, 0.3) is 0 Å². The molecule has 2 N–H and O–H groups in total. The average Bonchev–Trinajstić information content (AvgIpc) is 2.43. The monoisotopic (exact) mass is 369 g/mol. The molecular formula is C17H27N3O4S. The number of aliphatic hydroxyl groups is 1. The number of pyridine rings is 1. The van der Waals surface area contributed by atoms with E-state index in [0.29, 0.717) is 0 Å². The Morgan fingerprint density at radius 1 is 1.36 bits per heavy atom. The van der Waals surface area contributed by atoms with Gasteiger partial charge in [0.05, 0.1) is 11.6 Å². The zero-order valence-electron chi connectivity index (χ0n) is 15.6. The second-order valence-electron chi connectivity index (χ2n) is 7.98. The summed E-state index contributed by atoms with van der Waals surface area (Å²) in [5, 5.41) is 10.2. The molecule has 0 radical (unpaired) electrons. The van der Waals surface area contributed by atoms with Crippen molar-refractivity contribution in [3.8, 4) is 0 Å². The number of amidine groups is 1. The third-order valence-electron chi connectivity index (χ3n) is 4.73. The molecule has 1 atom stereocenters. The maximum atomic E-state index is 12.6. The van der Waals surface area contributed by atoms with Crippen LogP contribution in [-0.2, 0) is 14.8 Å². The lowest BCUT2D eigenvalue weighted by atomic mass is 9.93. The number of nitrogens with zero attached hydrogens (tertiary/aromatic N) is 2. The molecule has 140 valence electrons. The van der Waals surface area contributed by atoms with Crippen molar-refractivity contribution in [2.45, 2.75) is 70.0 Å². The predicted molar refractivity (Wildman–Crippen MR) is 96.6 cm³/mol.